The highest BCUT2D eigenvalue weighted by Crippen LogP contribution is 2.39. The van der Waals surface area contributed by atoms with Crippen molar-refractivity contribution in [1.82, 2.24) is 10.2 Å². The predicted octanol–water partition coefficient (Wildman–Crippen LogP) is 2.98. The number of nitrogens with one attached hydrogen (secondary N) is 1. The summed E-state index contributed by atoms with van der Waals surface area (Å²) in [6.07, 6.45) is 5.76. The third-order valence-corrected chi connectivity index (χ3v) is 5.57. The van der Waals surface area contributed by atoms with Crippen molar-refractivity contribution < 1.29 is 0 Å². The molecule has 0 amide bonds. The summed E-state index contributed by atoms with van der Waals surface area (Å²) in [5.41, 5.74) is 0.575. The molecule has 18 heavy (non-hydrogen) atoms. The molecule has 0 radical (unpaired) electrons. The lowest BCUT2D eigenvalue weighted by Gasteiger charge is -2.39. The number of rotatable bonds is 5. The summed E-state index contributed by atoms with van der Waals surface area (Å²) in [4.78, 5) is 2.73. The van der Waals surface area contributed by atoms with E-state index >= 15 is 0 Å². The molecule has 2 nitrogen and oxygen atoms in total. The molecule has 3 heteroatoms. The molecule has 1 N–H and O–H groups in total. The minimum absolute atomic E-state index is 0.575. The fourth-order valence-electron chi connectivity index (χ4n) is 3.44. The van der Waals surface area contributed by atoms with E-state index in [1.54, 1.807) is 0 Å². The van der Waals surface area contributed by atoms with Crippen molar-refractivity contribution in [2.45, 2.75) is 57.7 Å². The molecule has 0 bridgehead atoms. The Labute approximate surface area is 117 Å². The molecule has 0 aromatic rings. The molecule has 1 heterocycles. The Bertz CT molecular complexity index is 249. The first-order valence-electron chi connectivity index (χ1n) is 7.67. The van der Waals surface area contributed by atoms with Crippen LogP contribution in [0.2, 0.25) is 0 Å². The summed E-state index contributed by atoms with van der Waals surface area (Å²) in [6.45, 7) is 12.1. The Morgan fingerprint density at radius 3 is 2.67 bits per heavy atom. The number of thioether (sulfide) groups is 1. The molecule has 0 aromatic carbocycles. The standard InChI is InChI=1S/C15H30N2S/c1-13(2)16-11-15(6-4-5-7-15)12-17-8-9-18-14(3)10-17/h13-14,16H,4-12H2,1-3H3. The van der Waals surface area contributed by atoms with Crippen molar-refractivity contribution in [2.24, 2.45) is 5.41 Å². The van der Waals surface area contributed by atoms with E-state index in [1.165, 1.54) is 57.6 Å². The molecule has 1 aliphatic carbocycles. The lowest BCUT2D eigenvalue weighted by Crippen LogP contribution is -2.47. The molecule has 0 spiro atoms. The smallest absolute Gasteiger partial charge is 0.0147 e. The van der Waals surface area contributed by atoms with Crippen LogP contribution in [0.4, 0.5) is 0 Å². The maximum Gasteiger partial charge on any atom is 0.0147 e. The molecule has 2 aliphatic rings. The third kappa shape index (κ3) is 4.14. The minimum Gasteiger partial charge on any atom is -0.314 e. The van der Waals surface area contributed by atoms with Crippen molar-refractivity contribution in [3.8, 4) is 0 Å². The summed E-state index contributed by atoms with van der Waals surface area (Å²) in [6, 6.07) is 0.623. The molecule has 2 rings (SSSR count). The van der Waals surface area contributed by atoms with Gasteiger partial charge in [0.25, 0.3) is 0 Å². The highest BCUT2D eigenvalue weighted by Gasteiger charge is 2.36. The fraction of sp³-hybridized carbons (Fsp3) is 1.00. The van der Waals surface area contributed by atoms with Gasteiger partial charge in [0.05, 0.1) is 0 Å². The Balaban J connectivity index is 1.88. The topological polar surface area (TPSA) is 15.3 Å². The lowest BCUT2D eigenvalue weighted by atomic mass is 9.85. The Morgan fingerprint density at radius 1 is 1.33 bits per heavy atom. The van der Waals surface area contributed by atoms with E-state index < -0.39 is 0 Å². The van der Waals surface area contributed by atoms with Gasteiger partial charge in [-0.3, -0.25) is 0 Å². The molecular formula is C15H30N2S. The summed E-state index contributed by atoms with van der Waals surface area (Å²) < 4.78 is 0. The fourth-order valence-corrected chi connectivity index (χ4v) is 4.53. The minimum atomic E-state index is 0.575. The maximum atomic E-state index is 3.70. The van der Waals surface area contributed by atoms with Gasteiger partial charge in [0.2, 0.25) is 0 Å². The molecule has 0 aromatic heterocycles. The first-order valence-corrected chi connectivity index (χ1v) is 8.72. The van der Waals surface area contributed by atoms with E-state index in [9.17, 15) is 0 Å². The van der Waals surface area contributed by atoms with Gasteiger partial charge < -0.3 is 10.2 Å². The molecule has 1 saturated carbocycles. The average molecular weight is 270 g/mol. The quantitative estimate of drug-likeness (QED) is 0.827. The first kappa shape index (κ1) is 14.7. The van der Waals surface area contributed by atoms with Crippen LogP contribution in [-0.2, 0) is 0 Å². The van der Waals surface area contributed by atoms with Gasteiger partial charge in [-0.05, 0) is 18.3 Å². The lowest BCUT2D eigenvalue weighted by molar-refractivity contribution is 0.150. The number of hydrogen-bond donors (Lipinski definition) is 1. The van der Waals surface area contributed by atoms with Crippen LogP contribution in [0.25, 0.3) is 0 Å². The molecule has 1 aliphatic heterocycles. The molecular weight excluding hydrogens is 240 g/mol. The van der Waals surface area contributed by atoms with Gasteiger partial charge in [0, 0.05) is 43.2 Å². The van der Waals surface area contributed by atoms with Gasteiger partial charge in [0.1, 0.15) is 0 Å². The number of hydrogen-bond acceptors (Lipinski definition) is 3. The van der Waals surface area contributed by atoms with Crippen LogP contribution in [0.5, 0.6) is 0 Å². The van der Waals surface area contributed by atoms with Gasteiger partial charge in [-0.25, -0.2) is 0 Å². The van der Waals surface area contributed by atoms with Gasteiger partial charge in [-0.15, -0.1) is 0 Å². The monoisotopic (exact) mass is 270 g/mol. The molecule has 1 atom stereocenters. The summed E-state index contributed by atoms with van der Waals surface area (Å²) in [5, 5.41) is 4.53. The Morgan fingerprint density at radius 2 is 2.06 bits per heavy atom. The van der Waals surface area contributed by atoms with Crippen LogP contribution in [0.1, 0.15) is 46.5 Å². The van der Waals surface area contributed by atoms with E-state index in [4.69, 9.17) is 0 Å². The van der Waals surface area contributed by atoms with Crippen LogP contribution in [-0.4, -0.2) is 48.1 Å². The summed E-state index contributed by atoms with van der Waals surface area (Å²) in [5.74, 6) is 1.33. The molecule has 1 saturated heterocycles. The molecule has 2 fully saturated rings. The molecule has 106 valence electrons. The Hall–Kier alpha value is 0.270. The van der Waals surface area contributed by atoms with Crippen LogP contribution in [0, 0.1) is 5.41 Å². The maximum absolute atomic E-state index is 3.70. The van der Waals surface area contributed by atoms with Gasteiger partial charge >= 0.3 is 0 Å². The van der Waals surface area contributed by atoms with Crippen molar-refractivity contribution in [3.63, 3.8) is 0 Å². The highest BCUT2D eigenvalue weighted by molar-refractivity contribution is 7.99. The van der Waals surface area contributed by atoms with E-state index in [0.29, 0.717) is 11.5 Å². The Kier molecular flexibility index (Phi) is 5.40. The average Bonchev–Trinajstić information content (AvgIpc) is 2.76. The predicted molar refractivity (Wildman–Crippen MR) is 82.4 cm³/mol. The second-order valence-corrected chi connectivity index (χ2v) is 8.21. The second kappa shape index (κ2) is 6.62. The van der Waals surface area contributed by atoms with E-state index in [-0.39, 0.29) is 0 Å². The summed E-state index contributed by atoms with van der Waals surface area (Å²) >= 11 is 2.14. The van der Waals surface area contributed by atoms with Crippen molar-refractivity contribution >= 4 is 11.8 Å². The van der Waals surface area contributed by atoms with Crippen LogP contribution in [0.15, 0.2) is 0 Å². The zero-order chi connectivity index (χ0) is 13.0. The van der Waals surface area contributed by atoms with E-state index in [0.717, 1.165) is 5.25 Å². The first-order chi connectivity index (χ1) is 8.60. The normalized spacial score (nSPS) is 29.0. The van der Waals surface area contributed by atoms with Crippen molar-refractivity contribution in [2.75, 3.05) is 31.9 Å². The second-order valence-electron chi connectivity index (χ2n) is 6.66. The third-order valence-electron chi connectivity index (χ3n) is 4.43. The van der Waals surface area contributed by atoms with Crippen molar-refractivity contribution in [1.29, 1.82) is 0 Å². The number of nitrogens with zero attached hydrogens (tertiary/aromatic N) is 1. The zero-order valence-corrected chi connectivity index (χ0v) is 13.2. The van der Waals surface area contributed by atoms with Crippen molar-refractivity contribution in [3.05, 3.63) is 0 Å². The zero-order valence-electron chi connectivity index (χ0n) is 12.4. The SMILES string of the molecule is CC(C)NCC1(CN2CCSC(C)C2)CCCC1. The van der Waals surface area contributed by atoms with Crippen LogP contribution in [0.3, 0.4) is 0 Å². The summed E-state index contributed by atoms with van der Waals surface area (Å²) in [7, 11) is 0. The van der Waals surface area contributed by atoms with Crippen LogP contribution >= 0.6 is 11.8 Å². The van der Waals surface area contributed by atoms with E-state index in [2.05, 4.69) is 42.7 Å². The van der Waals surface area contributed by atoms with Gasteiger partial charge in [0.15, 0.2) is 0 Å². The highest BCUT2D eigenvalue weighted by atomic mass is 32.2. The largest absolute Gasteiger partial charge is 0.314 e. The van der Waals surface area contributed by atoms with E-state index in [1.807, 2.05) is 0 Å². The van der Waals surface area contributed by atoms with Gasteiger partial charge in [-0.2, -0.15) is 11.8 Å². The van der Waals surface area contributed by atoms with Gasteiger partial charge in [-0.1, -0.05) is 33.6 Å². The van der Waals surface area contributed by atoms with Crippen LogP contribution < -0.4 is 5.32 Å². The molecule has 1 unspecified atom stereocenters.